The van der Waals surface area contributed by atoms with Gasteiger partial charge in [-0.3, -0.25) is 4.98 Å². The largest absolute Gasteiger partial charge is 0.495 e. The summed E-state index contributed by atoms with van der Waals surface area (Å²) in [7, 11) is 1.69. The van der Waals surface area contributed by atoms with Crippen molar-refractivity contribution in [2.75, 3.05) is 7.11 Å². The van der Waals surface area contributed by atoms with Gasteiger partial charge >= 0.3 is 0 Å². The summed E-state index contributed by atoms with van der Waals surface area (Å²) in [6, 6.07) is 21.8. The summed E-state index contributed by atoms with van der Waals surface area (Å²) in [5.74, 6) is 1.66. The topological polar surface area (TPSA) is 55.5 Å². The number of rotatable bonds is 6. The Morgan fingerprint density at radius 3 is 2.71 bits per heavy atom. The average Bonchev–Trinajstić information content (AvgIpc) is 3.56. The van der Waals surface area contributed by atoms with E-state index >= 15 is 0 Å². The summed E-state index contributed by atoms with van der Waals surface area (Å²) >= 11 is 5.76. The van der Waals surface area contributed by atoms with Crippen LogP contribution in [0, 0.1) is 0 Å². The van der Waals surface area contributed by atoms with Crippen molar-refractivity contribution >= 4 is 17.3 Å². The Kier molecular flexibility index (Phi) is 5.18. The number of nitrogens with zero attached hydrogens (tertiary/aromatic N) is 3. The van der Waals surface area contributed by atoms with Crippen LogP contribution in [0.3, 0.4) is 0 Å². The molecule has 2 unspecified atom stereocenters. The van der Waals surface area contributed by atoms with E-state index in [0.717, 1.165) is 28.6 Å². The molecule has 1 N–H and O–H groups in total. The number of hydrogen-bond acceptors (Lipinski definition) is 4. The minimum Gasteiger partial charge on any atom is -0.495 e. The number of hydrogen-bond donors (Lipinski definition) is 1. The van der Waals surface area contributed by atoms with Crippen LogP contribution in [0.5, 0.6) is 5.75 Å². The number of aromatic nitrogens is 2. The fraction of sp³-hybridized carbons (Fsp3) is 0.167. The molecule has 0 bridgehead atoms. The van der Waals surface area contributed by atoms with Gasteiger partial charge in [-0.2, -0.15) is 0 Å². The van der Waals surface area contributed by atoms with Gasteiger partial charge < -0.3 is 23.9 Å². The first-order valence-electron chi connectivity index (χ1n) is 10.1. The normalized spacial score (nSPS) is 18.2. The Morgan fingerprint density at radius 1 is 1.06 bits per heavy atom. The maximum atomic E-state index is 5.76. The molecule has 0 saturated carbocycles. The molecular formula is C24H22N4O2S. The maximum absolute atomic E-state index is 5.76. The zero-order valence-electron chi connectivity index (χ0n) is 17.0. The monoisotopic (exact) mass is 430 g/mol. The Balaban J connectivity index is 1.62. The highest BCUT2D eigenvalue weighted by Crippen LogP contribution is 2.41. The molecule has 0 aliphatic carbocycles. The predicted octanol–water partition coefficient (Wildman–Crippen LogP) is 4.65. The molecule has 0 amide bonds. The summed E-state index contributed by atoms with van der Waals surface area (Å²) in [6.07, 6.45) is 5.55. The third-order valence-electron chi connectivity index (χ3n) is 5.53. The smallest absolute Gasteiger partial charge is 0.170 e. The van der Waals surface area contributed by atoms with E-state index in [1.165, 1.54) is 0 Å². The van der Waals surface area contributed by atoms with Crippen molar-refractivity contribution < 1.29 is 9.15 Å². The second-order valence-corrected chi connectivity index (χ2v) is 7.70. The van der Waals surface area contributed by atoms with E-state index in [1.54, 1.807) is 13.4 Å². The first kappa shape index (κ1) is 19.4. The lowest BCUT2D eigenvalue weighted by atomic mass is 10.0. The van der Waals surface area contributed by atoms with Gasteiger partial charge in [-0.25, -0.2) is 0 Å². The van der Waals surface area contributed by atoms with Gasteiger partial charge in [-0.1, -0.05) is 18.2 Å². The Labute approximate surface area is 186 Å². The number of furan rings is 1. The molecule has 4 heterocycles. The fourth-order valence-electron chi connectivity index (χ4n) is 4.15. The van der Waals surface area contributed by atoms with Crippen LogP contribution in [0.1, 0.15) is 29.2 Å². The molecule has 156 valence electrons. The molecule has 4 aromatic rings. The Hall–Kier alpha value is -3.58. The number of ether oxygens (including phenoxy) is 1. The summed E-state index contributed by atoms with van der Waals surface area (Å²) < 4.78 is 13.4. The third-order valence-corrected chi connectivity index (χ3v) is 5.88. The molecule has 0 spiro atoms. The predicted molar refractivity (Wildman–Crippen MR) is 122 cm³/mol. The third kappa shape index (κ3) is 3.57. The first-order valence-corrected chi connectivity index (χ1v) is 10.5. The molecule has 1 saturated heterocycles. The van der Waals surface area contributed by atoms with Crippen LogP contribution >= 0.6 is 12.2 Å². The molecule has 31 heavy (non-hydrogen) atoms. The van der Waals surface area contributed by atoms with Crippen molar-refractivity contribution in [3.8, 4) is 11.4 Å². The van der Waals surface area contributed by atoms with Crippen LogP contribution in [0.25, 0.3) is 5.69 Å². The van der Waals surface area contributed by atoms with E-state index in [-0.39, 0.29) is 12.1 Å². The second kappa shape index (κ2) is 8.28. The molecule has 2 atom stereocenters. The van der Waals surface area contributed by atoms with E-state index in [2.05, 4.69) is 38.1 Å². The van der Waals surface area contributed by atoms with Crippen LogP contribution in [0.2, 0.25) is 0 Å². The highest BCUT2D eigenvalue weighted by atomic mass is 32.1. The number of pyridine rings is 1. The summed E-state index contributed by atoms with van der Waals surface area (Å²) in [5.41, 5.74) is 2.99. The molecule has 1 aromatic carbocycles. The summed E-state index contributed by atoms with van der Waals surface area (Å²) in [4.78, 5) is 6.78. The maximum Gasteiger partial charge on any atom is 0.170 e. The van der Waals surface area contributed by atoms with Gasteiger partial charge in [0.1, 0.15) is 11.5 Å². The van der Waals surface area contributed by atoms with E-state index in [1.807, 2.05) is 60.8 Å². The second-order valence-electron chi connectivity index (χ2n) is 7.31. The van der Waals surface area contributed by atoms with Crippen LogP contribution in [0.4, 0.5) is 0 Å². The fourth-order valence-corrected chi connectivity index (χ4v) is 4.46. The molecule has 6 nitrogen and oxygen atoms in total. The zero-order valence-corrected chi connectivity index (χ0v) is 17.8. The van der Waals surface area contributed by atoms with Gasteiger partial charge in [-0.05, 0) is 60.7 Å². The van der Waals surface area contributed by atoms with Crippen molar-refractivity contribution in [1.29, 1.82) is 0 Å². The lowest BCUT2D eigenvalue weighted by molar-refractivity contribution is 0.280. The summed E-state index contributed by atoms with van der Waals surface area (Å²) in [5, 5.41) is 4.16. The van der Waals surface area contributed by atoms with Gasteiger partial charge in [0.2, 0.25) is 0 Å². The van der Waals surface area contributed by atoms with Gasteiger partial charge in [0, 0.05) is 18.1 Å². The van der Waals surface area contributed by atoms with Crippen molar-refractivity contribution in [2.24, 2.45) is 0 Å². The molecule has 1 aliphatic heterocycles. The van der Waals surface area contributed by atoms with Crippen molar-refractivity contribution in [2.45, 2.75) is 18.6 Å². The van der Waals surface area contributed by atoms with Crippen LogP contribution < -0.4 is 10.1 Å². The van der Waals surface area contributed by atoms with Crippen molar-refractivity contribution in [1.82, 2.24) is 19.8 Å². The number of nitrogens with one attached hydrogen (secondary N) is 1. The van der Waals surface area contributed by atoms with Gasteiger partial charge in [0.25, 0.3) is 0 Å². The SMILES string of the molecule is COc1ccccc1-n1cccc1C1C(c2ccccn2)NC(=S)N1Cc1ccco1. The molecule has 0 radical (unpaired) electrons. The van der Waals surface area contributed by atoms with Crippen LogP contribution in [-0.2, 0) is 6.54 Å². The molecule has 1 aliphatic rings. The average molecular weight is 431 g/mol. The highest BCUT2D eigenvalue weighted by molar-refractivity contribution is 7.80. The summed E-state index contributed by atoms with van der Waals surface area (Å²) in [6.45, 7) is 0.559. The number of methoxy groups -OCH3 is 1. The lowest BCUT2D eigenvalue weighted by Gasteiger charge is -2.28. The zero-order chi connectivity index (χ0) is 21.2. The molecular weight excluding hydrogens is 408 g/mol. The van der Waals surface area contributed by atoms with E-state index < -0.39 is 0 Å². The quantitative estimate of drug-likeness (QED) is 0.450. The first-order chi connectivity index (χ1) is 15.3. The number of benzene rings is 1. The van der Waals surface area contributed by atoms with Crippen LogP contribution in [-0.4, -0.2) is 26.7 Å². The minimum atomic E-state index is -0.105. The molecule has 3 aromatic heterocycles. The Bertz CT molecular complexity index is 1170. The van der Waals surface area contributed by atoms with Gasteiger partial charge in [0.15, 0.2) is 5.11 Å². The Morgan fingerprint density at radius 2 is 1.94 bits per heavy atom. The molecule has 1 fully saturated rings. The number of para-hydroxylation sites is 2. The number of thiocarbonyl (C=S) groups is 1. The van der Waals surface area contributed by atoms with E-state index in [9.17, 15) is 0 Å². The lowest BCUT2D eigenvalue weighted by Crippen LogP contribution is -2.29. The van der Waals surface area contributed by atoms with E-state index in [4.69, 9.17) is 21.4 Å². The van der Waals surface area contributed by atoms with Crippen LogP contribution in [0.15, 0.2) is 89.8 Å². The molecule has 5 rings (SSSR count). The van der Waals surface area contributed by atoms with Gasteiger partial charge in [0.05, 0.1) is 43.4 Å². The van der Waals surface area contributed by atoms with Crippen molar-refractivity contribution in [3.63, 3.8) is 0 Å². The van der Waals surface area contributed by atoms with Gasteiger partial charge in [-0.15, -0.1) is 0 Å². The van der Waals surface area contributed by atoms with E-state index in [0.29, 0.717) is 11.7 Å². The minimum absolute atomic E-state index is 0.0904. The highest BCUT2D eigenvalue weighted by Gasteiger charge is 2.41. The van der Waals surface area contributed by atoms with Crippen molar-refractivity contribution in [3.05, 3.63) is 103 Å². The molecule has 7 heteroatoms. The standard InChI is InChI=1S/C24H22N4O2S/c1-29-21-12-3-2-10-19(21)27-14-6-11-20(27)23-22(18-9-4-5-13-25-18)26-24(31)28(23)16-17-8-7-15-30-17/h2-15,22-23H,16H2,1H3,(H,26,31).